The Hall–Kier alpha value is -1.33. The molecule has 0 bridgehead atoms. The van der Waals surface area contributed by atoms with Crippen LogP contribution in [0.15, 0.2) is 54.7 Å². The summed E-state index contributed by atoms with van der Waals surface area (Å²) in [6.07, 6.45) is 1.54. The Kier molecular flexibility index (Phi) is 3.33. The maximum absolute atomic E-state index is 12.2. The number of nitrogens with zero attached hydrogens (tertiary/aromatic N) is 1. The van der Waals surface area contributed by atoms with Crippen molar-refractivity contribution in [1.82, 2.24) is 0 Å². The standard InChI is InChI=1S/C15H9ClINO/c16-11-5-6-14(17)13(9-11)15-12-4-2-1-3-10(12)7-8-18(15)19/h1-9H. The van der Waals surface area contributed by atoms with Gasteiger partial charge in [-0.1, -0.05) is 29.8 Å². The van der Waals surface area contributed by atoms with Crippen molar-refractivity contribution < 1.29 is 4.73 Å². The molecule has 0 radical (unpaired) electrons. The predicted octanol–water partition coefficient (Wildman–Crippen LogP) is 4.40. The molecule has 0 amide bonds. The predicted molar refractivity (Wildman–Crippen MR) is 86.1 cm³/mol. The van der Waals surface area contributed by atoms with E-state index in [9.17, 15) is 5.21 Å². The fourth-order valence-electron chi connectivity index (χ4n) is 2.14. The van der Waals surface area contributed by atoms with E-state index in [1.165, 1.54) is 6.20 Å². The summed E-state index contributed by atoms with van der Waals surface area (Å²) < 4.78 is 1.90. The summed E-state index contributed by atoms with van der Waals surface area (Å²) in [4.78, 5) is 0. The average Bonchev–Trinajstić information content (AvgIpc) is 2.42. The van der Waals surface area contributed by atoms with Gasteiger partial charge in [0, 0.05) is 14.7 Å². The number of hydrogen-bond acceptors (Lipinski definition) is 1. The van der Waals surface area contributed by atoms with Gasteiger partial charge in [0.2, 0.25) is 5.69 Å². The van der Waals surface area contributed by atoms with Crippen LogP contribution in [-0.4, -0.2) is 0 Å². The van der Waals surface area contributed by atoms with Crippen LogP contribution in [0.3, 0.4) is 0 Å². The number of pyridine rings is 1. The molecule has 2 aromatic carbocycles. The van der Waals surface area contributed by atoms with E-state index in [1.807, 2.05) is 48.5 Å². The molecule has 0 N–H and O–H groups in total. The van der Waals surface area contributed by atoms with Gasteiger partial charge in [0.15, 0.2) is 6.20 Å². The van der Waals surface area contributed by atoms with Gasteiger partial charge >= 0.3 is 0 Å². The maximum Gasteiger partial charge on any atom is 0.232 e. The zero-order chi connectivity index (χ0) is 13.4. The summed E-state index contributed by atoms with van der Waals surface area (Å²) >= 11 is 8.27. The van der Waals surface area contributed by atoms with Gasteiger partial charge in [0.05, 0.1) is 10.9 Å². The lowest BCUT2D eigenvalue weighted by molar-refractivity contribution is -0.592. The van der Waals surface area contributed by atoms with Gasteiger partial charge in [-0.05, 0) is 52.2 Å². The molecule has 0 aliphatic heterocycles. The zero-order valence-electron chi connectivity index (χ0n) is 9.81. The highest BCUT2D eigenvalue weighted by Crippen LogP contribution is 2.30. The first-order valence-electron chi connectivity index (χ1n) is 5.73. The Morgan fingerprint density at radius 1 is 1.05 bits per heavy atom. The first-order valence-corrected chi connectivity index (χ1v) is 7.19. The summed E-state index contributed by atoms with van der Waals surface area (Å²) in [6, 6.07) is 15.2. The molecule has 4 heteroatoms. The lowest BCUT2D eigenvalue weighted by Crippen LogP contribution is -2.28. The number of aromatic nitrogens is 1. The monoisotopic (exact) mass is 381 g/mol. The van der Waals surface area contributed by atoms with Crippen LogP contribution < -0.4 is 4.73 Å². The summed E-state index contributed by atoms with van der Waals surface area (Å²) in [6.45, 7) is 0. The molecule has 0 saturated carbocycles. The van der Waals surface area contributed by atoms with Crippen molar-refractivity contribution in [2.75, 3.05) is 0 Å². The van der Waals surface area contributed by atoms with E-state index in [-0.39, 0.29) is 0 Å². The third-order valence-corrected chi connectivity index (χ3v) is 4.19. The third-order valence-electron chi connectivity index (χ3n) is 3.01. The van der Waals surface area contributed by atoms with Crippen molar-refractivity contribution in [1.29, 1.82) is 0 Å². The maximum atomic E-state index is 12.2. The topological polar surface area (TPSA) is 26.9 Å². The molecule has 1 aromatic heterocycles. The molecule has 3 rings (SSSR count). The molecule has 2 nitrogen and oxygen atoms in total. The highest BCUT2D eigenvalue weighted by Gasteiger charge is 2.16. The van der Waals surface area contributed by atoms with Crippen LogP contribution in [0.5, 0.6) is 0 Å². The van der Waals surface area contributed by atoms with E-state index in [0.29, 0.717) is 10.7 Å². The fraction of sp³-hybridized carbons (Fsp3) is 0. The molecule has 0 aliphatic carbocycles. The van der Waals surface area contributed by atoms with Gasteiger partial charge in [-0.3, -0.25) is 0 Å². The van der Waals surface area contributed by atoms with Crippen LogP contribution in [-0.2, 0) is 0 Å². The van der Waals surface area contributed by atoms with Gasteiger partial charge < -0.3 is 5.21 Å². The fourth-order valence-corrected chi connectivity index (χ4v) is 2.91. The normalized spacial score (nSPS) is 10.8. The first-order chi connectivity index (χ1) is 9.16. The van der Waals surface area contributed by atoms with E-state index in [2.05, 4.69) is 22.6 Å². The molecular formula is C15H9ClINO. The van der Waals surface area contributed by atoms with Crippen LogP contribution in [0.1, 0.15) is 0 Å². The van der Waals surface area contributed by atoms with Gasteiger partial charge in [-0.2, -0.15) is 4.73 Å². The number of halogens is 2. The molecule has 0 spiro atoms. The van der Waals surface area contributed by atoms with Crippen molar-refractivity contribution in [2.24, 2.45) is 0 Å². The second kappa shape index (κ2) is 4.98. The van der Waals surface area contributed by atoms with Crippen LogP contribution in [0.25, 0.3) is 22.0 Å². The number of fused-ring (bicyclic) bond motifs is 1. The van der Waals surface area contributed by atoms with E-state index in [1.54, 1.807) is 0 Å². The Morgan fingerprint density at radius 2 is 1.84 bits per heavy atom. The van der Waals surface area contributed by atoms with Crippen molar-refractivity contribution in [3.8, 4) is 11.3 Å². The van der Waals surface area contributed by atoms with E-state index >= 15 is 0 Å². The summed E-state index contributed by atoms with van der Waals surface area (Å²) in [5, 5.41) is 14.8. The largest absolute Gasteiger partial charge is 0.618 e. The van der Waals surface area contributed by atoms with E-state index in [0.717, 1.165) is 24.6 Å². The molecule has 1 heterocycles. The number of rotatable bonds is 1. The summed E-state index contributed by atoms with van der Waals surface area (Å²) in [5.41, 5.74) is 1.50. The zero-order valence-corrected chi connectivity index (χ0v) is 12.7. The second-order valence-electron chi connectivity index (χ2n) is 4.20. The van der Waals surface area contributed by atoms with Gasteiger partial charge in [-0.25, -0.2) is 0 Å². The molecule has 19 heavy (non-hydrogen) atoms. The Balaban J connectivity index is 2.41. The minimum absolute atomic E-state index is 0.628. The number of benzene rings is 2. The minimum atomic E-state index is 0.628. The lowest BCUT2D eigenvalue weighted by Gasteiger charge is -2.09. The van der Waals surface area contributed by atoms with E-state index < -0.39 is 0 Å². The van der Waals surface area contributed by atoms with Gasteiger partial charge in [0.25, 0.3) is 0 Å². The minimum Gasteiger partial charge on any atom is -0.618 e. The van der Waals surface area contributed by atoms with Crippen LogP contribution in [0.2, 0.25) is 5.02 Å². The number of hydrogen-bond donors (Lipinski definition) is 0. The first kappa shape index (κ1) is 12.7. The third kappa shape index (κ3) is 2.28. The SMILES string of the molecule is [O-][n+]1ccc2ccccc2c1-c1cc(Cl)ccc1I. The molecule has 94 valence electrons. The highest BCUT2D eigenvalue weighted by atomic mass is 127. The molecular weight excluding hydrogens is 373 g/mol. The molecule has 0 atom stereocenters. The van der Waals surface area contributed by atoms with Crippen LogP contribution in [0, 0.1) is 8.78 Å². The smallest absolute Gasteiger partial charge is 0.232 e. The second-order valence-corrected chi connectivity index (χ2v) is 5.80. The van der Waals surface area contributed by atoms with Gasteiger partial charge in [0.1, 0.15) is 0 Å². The molecule has 0 aliphatic rings. The van der Waals surface area contributed by atoms with Crippen LogP contribution in [0.4, 0.5) is 0 Å². The average molecular weight is 382 g/mol. The highest BCUT2D eigenvalue weighted by molar-refractivity contribution is 14.1. The van der Waals surface area contributed by atoms with Crippen molar-refractivity contribution in [3.63, 3.8) is 0 Å². The Morgan fingerprint density at radius 3 is 2.68 bits per heavy atom. The van der Waals surface area contributed by atoms with Crippen LogP contribution >= 0.6 is 34.2 Å². The Bertz CT molecular complexity index is 773. The lowest BCUT2D eigenvalue weighted by atomic mass is 10.0. The van der Waals surface area contributed by atoms with Crippen molar-refractivity contribution in [3.05, 3.63) is 68.5 Å². The van der Waals surface area contributed by atoms with Crippen molar-refractivity contribution in [2.45, 2.75) is 0 Å². The quantitative estimate of drug-likeness (QED) is 0.349. The summed E-state index contributed by atoms with van der Waals surface area (Å²) in [5.74, 6) is 0. The van der Waals surface area contributed by atoms with Crippen molar-refractivity contribution >= 4 is 45.0 Å². The van der Waals surface area contributed by atoms with Gasteiger partial charge in [-0.15, -0.1) is 0 Å². The van der Waals surface area contributed by atoms with E-state index in [4.69, 9.17) is 11.6 Å². The molecule has 0 unspecified atom stereocenters. The molecule has 0 saturated heterocycles. The summed E-state index contributed by atoms with van der Waals surface area (Å²) in [7, 11) is 0. The molecule has 3 aromatic rings. The molecule has 0 fully saturated rings. The Labute approximate surface area is 129 Å².